The largest absolute Gasteiger partial charge is 0.284 e. The first kappa shape index (κ1) is 14.7. The Morgan fingerprint density at radius 3 is 2.32 bits per heavy atom. The molecule has 3 rings (SSSR count). The molecule has 0 bridgehead atoms. The van der Waals surface area contributed by atoms with E-state index in [1.165, 1.54) is 10.5 Å². The van der Waals surface area contributed by atoms with Gasteiger partial charge >= 0.3 is 0 Å². The fourth-order valence-corrected chi connectivity index (χ4v) is 3.22. The van der Waals surface area contributed by atoms with E-state index in [4.69, 9.17) is 4.99 Å². The molecule has 110 valence electrons. The van der Waals surface area contributed by atoms with E-state index in [0.29, 0.717) is 0 Å². The Kier molecular flexibility index (Phi) is 5.17. The van der Waals surface area contributed by atoms with Crippen LogP contribution in [0.2, 0.25) is 0 Å². The highest BCUT2D eigenvalue weighted by Crippen LogP contribution is 2.27. The Labute approximate surface area is 136 Å². The Morgan fingerprint density at radius 1 is 0.909 bits per heavy atom. The molecular weight excluding hydrogens is 286 g/mol. The summed E-state index contributed by atoms with van der Waals surface area (Å²) in [5.74, 6) is 0.942. The normalized spacial score (nSPS) is 12.5. The van der Waals surface area contributed by atoms with Gasteiger partial charge in [-0.15, -0.1) is 4.90 Å². The van der Waals surface area contributed by atoms with Gasteiger partial charge in [0.15, 0.2) is 0 Å². The van der Waals surface area contributed by atoms with Crippen molar-refractivity contribution in [1.29, 1.82) is 0 Å². The van der Waals surface area contributed by atoms with E-state index in [1.807, 2.05) is 42.2 Å². The number of hydrogen-bond acceptors (Lipinski definition) is 2. The maximum absolute atomic E-state index is 4.82. The minimum atomic E-state index is 0.168. The van der Waals surface area contributed by atoms with E-state index < -0.39 is 0 Å². The lowest BCUT2D eigenvalue weighted by Gasteiger charge is -2.13. The van der Waals surface area contributed by atoms with Gasteiger partial charge in [-0.25, -0.2) is 12.1 Å². The van der Waals surface area contributed by atoms with Crippen LogP contribution < -0.4 is 0 Å². The highest BCUT2D eigenvalue weighted by atomic mass is 32.2. The van der Waals surface area contributed by atoms with Crippen LogP contribution in [0.15, 0.2) is 94.8 Å². The van der Waals surface area contributed by atoms with Crippen molar-refractivity contribution in [2.75, 3.05) is 5.75 Å². The number of hydrogen-bond donors (Lipinski definition) is 0. The van der Waals surface area contributed by atoms with Gasteiger partial charge < -0.3 is 0 Å². The molecule has 1 atom stereocenters. The standard InChI is InChI=1S/C20H18NS/c1-3-9-17(10-4-1)15-21-20(18-11-5-2-6-12-18)16-22-19-13-7-8-14-19/h1-15,20H,16H2/q-1/t20-/m1/s1. The molecule has 3 aromatic carbocycles. The van der Waals surface area contributed by atoms with E-state index in [2.05, 4.69) is 60.7 Å². The molecule has 0 radical (unpaired) electrons. The van der Waals surface area contributed by atoms with Gasteiger partial charge in [0.2, 0.25) is 0 Å². The molecule has 0 amide bonds. The maximum atomic E-state index is 4.82. The van der Waals surface area contributed by atoms with E-state index in [9.17, 15) is 0 Å². The predicted molar refractivity (Wildman–Crippen MR) is 96.0 cm³/mol. The van der Waals surface area contributed by atoms with Crippen molar-refractivity contribution >= 4 is 18.0 Å². The number of nitrogens with zero attached hydrogens (tertiary/aromatic N) is 1. The summed E-state index contributed by atoms with van der Waals surface area (Å²) in [4.78, 5) is 6.12. The Bertz CT molecular complexity index is 687. The second-order valence-electron chi connectivity index (χ2n) is 5.05. The van der Waals surface area contributed by atoms with Gasteiger partial charge in [-0.1, -0.05) is 60.7 Å². The smallest absolute Gasteiger partial charge is 0.0842 e. The van der Waals surface area contributed by atoms with E-state index >= 15 is 0 Å². The van der Waals surface area contributed by atoms with Crippen molar-refractivity contribution in [1.82, 2.24) is 0 Å². The first-order valence-corrected chi connectivity index (χ1v) is 8.38. The van der Waals surface area contributed by atoms with Gasteiger partial charge in [0.05, 0.1) is 6.04 Å². The third kappa shape index (κ3) is 4.15. The van der Waals surface area contributed by atoms with Crippen LogP contribution in [0.5, 0.6) is 0 Å². The molecule has 22 heavy (non-hydrogen) atoms. The molecule has 0 saturated heterocycles. The van der Waals surface area contributed by atoms with Gasteiger partial charge in [-0.2, -0.15) is 23.9 Å². The molecule has 3 aromatic rings. The van der Waals surface area contributed by atoms with Crippen LogP contribution in [-0.2, 0) is 0 Å². The SMILES string of the molecule is C(=N[C@H](CSc1ccc[cH-]1)c1ccccc1)c1ccccc1. The number of thioether (sulfide) groups is 1. The van der Waals surface area contributed by atoms with Crippen LogP contribution in [0.3, 0.4) is 0 Å². The zero-order valence-corrected chi connectivity index (χ0v) is 13.1. The molecule has 1 nitrogen and oxygen atoms in total. The molecule has 2 heteroatoms. The number of aliphatic imine (C=N–C) groups is 1. The van der Waals surface area contributed by atoms with Gasteiger partial charge in [0, 0.05) is 12.0 Å². The summed E-state index contributed by atoms with van der Waals surface area (Å²) in [5.41, 5.74) is 2.40. The molecule has 0 unspecified atom stereocenters. The van der Waals surface area contributed by atoms with Gasteiger partial charge in [-0.05, 0) is 11.1 Å². The van der Waals surface area contributed by atoms with E-state index in [1.54, 1.807) is 0 Å². The molecule has 0 fully saturated rings. The monoisotopic (exact) mass is 304 g/mol. The summed E-state index contributed by atoms with van der Waals surface area (Å²) >= 11 is 1.85. The molecule has 0 aromatic heterocycles. The van der Waals surface area contributed by atoms with E-state index in [-0.39, 0.29) is 6.04 Å². The summed E-state index contributed by atoms with van der Waals surface area (Å²) in [6.45, 7) is 0. The Balaban J connectivity index is 1.75. The van der Waals surface area contributed by atoms with Gasteiger partial charge in [0.1, 0.15) is 0 Å². The summed E-state index contributed by atoms with van der Waals surface area (Å²) in [6, 6.07) is 29.4. The zero-order chi connectivity index (χ0) is 15.0. The second-order valence-corrected chi connectivity index (χ2v) is 6.14. The lowest BCUT2D eigenvalue weighted by molar-refractivity contribution is 0.838. The fraction of sp³-hybridized carbons (Fsp3) is 0.100. The van der Waals surface area contributed by atoms with Crippen molar-refractivity contribution in [3.8, 4) is 0 Å². The highest BCUT2D eigenvalue weighted by Gasteiger charge is 2.08. The van der Waals surface area contributed by atoms with Crippen LogP contribution in [0, 0.1) is 0 Å². The Hall–Kier alpha value is -2.19. The molecular formula is C20H18NS-. The highest BCUT2D eigenvalue weighted by molar-refractivity contribution is 7.99. The first-order chi connectivity index (χ1) is 10.9. The van der Waals surface area contributed by atoms with Gasteiger partial charge in [-0.3, -0.25) is 4.99 Å². The van der Waals surface area contributed by atoms with Gasteiger partial charge in [0.25, 0.3) is 0 Å². The van der Waals surface area contributed by atoms with Crippen LogP contribution in [-0.4, -0.2) is 12.0 Å². The van der Waals surface area contributed by atoms with Crippen LogP contribution in [0.4, 0.5) is 0 Å². The second kappa shape index (κ2) is 7.71. The third-order valence-electron chi connectivity index (χ3n) is 3.43. The molecule has 0 aliphatic rings. The van der Waals surface area contributed by atoms with Crippen molar-refractivity contribution in [2.24, 2.45) is 4.99 Å². The molecule has 0 heterocycles. The van der Waals surface area contributed by atoms with Crippen molar-refractivity contribution in [3.05, 3.63) is 96.1 Å². The summed E-state index contributed by atoms with van der Waals surface area (Å²) in [5, 5.41) is 0. The topological polar surface area (TPSA) is 12.4 Å². The van der Waals surface area contributed by atoms with Crippen LogP contribution in [0.1, 0.15) is 17.2 Å². The lowest BCUT2D eigenvalue weighted by Crippen LogP contribution is -1.99. The van der Waals surface area contributed by atoms with Crippen molar-refractivity contribution < 1.29 is 0 Å². The fourth-order valence-electron chi connectivity index (χ4n) is 2.24. The summed E-state index contributed by atoms with van der Waals surface area (Å²) < 4.78 is 0. The maximum Gasteiger partial charge on any atom is 0.0842 e. The van der Waals surface area contributed by atoms with Crippen LogP contribution in [0.25, 0.3) is 0 Å². The van der Waals surface area contributed by atoms with Crippen molar-refractivity contribution in [2.45, 2.75) is 10.9 Å². The van der Waals surface area contributed by atoms with Crippen molar-refractivity contribution in [3.63, 3.8) is 0 Å². The summed E-state index contributed by atoms with van der Waals surface area (Å²) in [6.07, 6.45) is 1.98. The average molecular weight is 304 g/mol. The molecule has 0 spiro atoms. The number of benzene rings is 2. The molecule has 0 saturated carbocycles. The minimum absolute atomic E-state index is 0.168. The molecule has 0 aliphatic heterocycles. The molecule has 0 N–H and O–H groups in total. The number of rotatable bonds is 6. The zero-order valence-electron chi connectivity index (χ0n) is 12.3. The average Bonchev–Trinajstić information content (AvgIpc) is 3.10. The van der Waals surface area contributed by atoms with E-state index in [0.717, 1.165) is 11.3 Å². The quantitative estimate of drug-likeness (QED) is 0.339. The lowest BCUT2D eigenvalue weighted by atomic mass is 10.1. The first-order valence-electron chi connectivity index (χ1n) is 7.39. The summed E-state index contributed by atoms with van der Waals surface area (Å²) in [7, 11) is 0. The Morgan fingerprint density at radius 2 is 1.64 bits per heavy atom. The minimum Gasteiger partial charge on any atom is -0.284 e. The molecule has 0 aliphatic carbocycles. The van der Waals surface area contributed by atoms with Crippen LogP contribution >= 0.6 is 11.8 Å². The third-order valence-corrected chi connectivity index (χ3v) is 4.52. The predicted octanol–water partition coefficient (Wildman–Crippen LogP) is 5.36.